The lowest BCUT2D eigenvalue weighted by Crippen LogP contribution is -2.55. The zero-order valence-corrected chi connectivity index (χ0v) is 13.9. The van der Waals surface area contributed by atoms with Crippen LogP contribution in [0.1, 0.15) is 30.9 Å². The number of anilines is 1. The van der Waals surface area contributed by atoms with E-state index in [-0.39, 0.29) is 5.92 Å². The molecule has 3 N–H and O–H groups in total. The minimum Gasteiger partial charge on any atom is -0.480 e. The predicted octanol–water partition coefficient (Wildman–Crippen LogP) is 3.44. The largest absolute Gasteiger partial charge is 0.480 e. The molecule has 0 heterocycles. The van der Waals surface area contributed by atoms with Gasteiger partial charge in [-0.15, -0.1) is 0 Å². The first-order chi connectivity index (χ1) is 9.74. The number of amides is 2. The molecular formula is C15H19BrN2O3. The number of hydrogen-bond donors (Lipinski definition) is 3. The van der Waals surface area contributed by atoms with Crippen LogP contribution in [0.15, 0.2) is 16.6 Å². The molecule has 6 heteroatoms. The second-order valence-electron chi connectivity index (χ2n) is 5.78. The first kappa shape index (κ1) is 15.8. The van der Waals surface area contributed by atoms with Crippen molar-refractivity contribution in [2.45, 2.75) is 39.2 Å². The van der Waals surface area contributed by atoms with Gasteiger partial charge in [0.25, 0.3) is 0 Å². The van der Waals surface area contributed by atoms with Crippen molar-refractivity contribution in [1.82, 2.24) is 5.32 Å². The van der Waals surface area contributed by atoms with Crippen LogP contribution in [0.2, 0.25) is 0 Å². The lowest BCUT2D eigenvalue weighted by atomic mass is 9.96. The van der Waals surface area contributed by atoms with Crippen LogP contribution in [-0.2, 0) is 4.79 Å². The average molecular weight is 355 g/mol. The molecule has 5 nitrogen and oxygen atoms in total. The Morgan fingerprint density at radius 1 is 1.29 bits per heavy atom. The third kappa shape index (κ3) is 3.37. The molecule has 0 spiro atoms. The van der Waals surface area contributed by atoms with Crippen molar-refractivity contribution < 1.29 is 14.7 Å². The molecule has 1 aromatic rings. The molecule has 1 aromatic carbocycles. The predicted molar refractivity (Wildman–Crippen MR) is 84.5 cm³/mol. The maximum atomic E-state index is 12.2. The normalized spacial score (nSPS) is 17.0. The maximum Gasteiger partial charge on any atom is 0.329 e. The number of hydrogen-bond acceptors (Lipinski definition) is 2. The molecule has 0 aliphatic heterocycles. The van der Waals surface area contributed by atoms with Crippen LogP contribution in [0.3, 0.4) is 0 Å². The lowest BCUT2D eigenvalue weighted by Gasteiger charge is -2.26. The van der Waals surface area contributed by atoms with Crippen molar-refractivity contribution in [3.05, 3.63) is 27.7 Å². The molecule has 1 fully saturated rings. The second kappa shape index (κ2) is 5.67. The Labute approximate surface area is 132 Å². The van der Waals surface area contributed by atoms with Gasteiger partial charge in [-0.05, 0) is 62.8 Å². The molecule has 21 heavy (non-hydrogen) atoms. The van der Waals surface area contributed by atoms with E-state index in [9.17, 15) is 14.7 Å². The molecule has 1 atom stereocenters. The summed E-state index contributed by atoms with van der Waals surface area (Å²) in [4.78, 5) is 23.6. The fraction of sp³-hybridized carbons (Fsp3) is 0.467. The van der Waals surface area contributed by atoms with Crippen LogP contribution in [0, 0.1) is 19.8 Å². The quantitative estimate of drug-likeness (QED) is 0.774. The van der Waals surface area contributed by atoms with Crippen molar-refractivity contribution >= 4 is 33.6 Å². The number of benzene rings is 1. The third-order valence-electron chi connectivity index (χ3n) is 3.95. The van der Waals surface area contributed by atoms with E-state index in [2.05, 4.69) is 26.6 Å². The van der Waals surface area contributed by atoms with E-state index in [1.165, 1.54) is 0 Å². The zero-order valence-electron chi connectivity index (χ0n) is 12.3. The van der Waals surface area contributed by atoms with Crippen LogP contribution in [0.25, 0.3) is 0 Å². The summed E-state index contributed by atoms with van der Waals surface area (Å²) in [5, 5.41) is 14.7. The smallest absolute Gasteiger partial charge is 0.329 e. The fourth-order valence-corrected chi connectivity index (χ4v) is 3.17. The lowest BCUT2D eigenvalue weighted by molar-refractivity contribution is -0.144. The summed E-state index contributed by atoms with van der Waals surface area (Å²) >= 11 is 3.40. The van der Waals surface area contributed by atoms with Gasteiger partial charge >= 0.3 is 12.0 Å². The highest BCUT2D eigenvalue weighted by Gasteiger charge is 2.48. The van der Waals surface area contributed by atoms with Crippen LogP contribution >= 0.6 is 15.9 Å². The Balaban J connectivity index is 2.13. The number of carboxylic acids is 1. The Bertz CT molecular complexity index is 576. The van der Waals surface area contributed by atoms with Crippen molar-refractivity contribution in [2.24, 2.45) is 5.92 Å². The van der Waals surface area contributed by atoms with E-state index < -0.39 is 17.5 Å². The second-order valence-corrected chi connectivity index (χ2v) is 6.69. The first-order valence-corrected chi connectivity index (χ1v) is 7.62. The molecule has 2 amide bonds. The topological polar surface area (TPSA) is 78.4 Å². The highest BCUT2D eigenvalue weighted by Crippen LogP contribution is 2.39. The number of halogens is 1. The van der Waals surface area contributed by atoms with Gasteiger partial charge < -0.3 is 15.7 Å². The number of aryl methyl sites for hydroxylation is 2. The Morgan fingerprint density at radius 3 is 2.24 bits per heavy atom. The van der Waals surface area contributed by atoms with E-state index >= 15 is 0 Å². The van der Waals surface area contributed by atoms with Crippen molar-refractivity contribution in [2.75, 3.05) is 5.32 Å². The number of aliphatic carboxylic acids is 1. The van der Waals surface area contributed by atoms with Crippen LogP contribution in [-0.4, -0.2) is 22.6 Å². The summed E-state index contributed by atoms with van der Waals surface area (Å²) in [7, 11) is 0. The van der Waals surface area contributed by atoms with E-state index in [0.29, 0.717) is 5.69 Å². The Kier molecular flexibility index (Phi) is 4.27. The standard InChI is InChI=1S/C15H19BrN2O3/c1-8-6-11(16)7-9(2)12(8)17-14(21)18-15(3,13(19)20)10-4-5-10/h6-7,10H,4-5H2,1-3H3,(H,19,20)(H2,17,18,21). The molecule has 1 aliphatic rings. The van der Waals surface area contributed by atoms with Crippen LogP contribution in [0.5, 0.6) is 0 Å². The van der Waals surface area contributed by atoms with Gasteiger partial charge in [0, 0.05) is 10.2 Å². The van der Waals surface area contributed by atoms with E-state index in [1.807, 2.05) is 26.0 Å². The monoisotopic (exact) mass is 354 g/mol. The van der Waals surface area contributed by atoms with E-state index in [0.717, 1.165) is 28.4 Å². The molecule has 0 radical (unpaired) electrons. The molecule has 114 valence electrons. The maximum absolute atomic E-state index is 12.2. The summed E-state index contributed by atoms with van der Waals surface area (Å²) in [6.07, 6.45) is 1.67. The van der Waals surface area contributed by atoms with Gasteiger partial charge in [-0.3, -0.25) is 0 Å². The van der Waals surface area contributed by atoms with Gasteiger partial charge in [0.1, 0.15) is 5.54 Å². The van der Waals surface area contributed by atoms with Gasteiger partial charge in [0.05, 0.1) is 0 Å². The molecule has 0 aromatic heterocycles. The van der Waals surface area contributed by atoms with Crippen molar-refractivity contribution in [3.63, 3.8) is 0 Å². The van der Waals surface area contributed by atoms with Gasteiger partial charge in [-0.1, -0.05) is 15.9 Å². The Morgan fingerprint density at radius 2 is 1.81 bits per heavy atom. The molecule has 2 rings (SSSR count). The molecule has 1 aliphatic carbocycles. The molecule has 1 unspecified atom stereocenters. The molecule has 0 saturated heterocycles. The van der Waals surface area contributed by atoms with Crippen LogP contribution in [0.4, 0.5) is 10.5 Å². The summed E-state index contributed by atoms with van der Waals surface area (Å²) in [5.74, 6) is -0.989. The van der Waals surface area contributed by atoms with E-state index in [1.54, 1.807) is 6.92 Å². The van der Waals surface area contributed by atoms with Gasteiger partial charge in [-0.2, -0.15) is 0 Å². The fourth-order valence-electron chi connectivity index (χ4n) is 2.48. The highest BCUT2D eigenvalue weighted by molar-refractivity contribution is 9.10. The number of rotatable bonds is 4. The first-order valence-electron chi connectivity index (χ1n) is 6.83. The minimum absolute atomic E-state index is 0.00728. The number of nitrogens with one attached hydrogen (secondary N) is 2. The summed E-state index contributed by atoms with van der Waals surface area (Å²) in [5.41, 5.74) is 1.33. The van der Waals surface area contributed by atoms with Crippen LogP contribution < -0.4 is 10.6 Å². The third-order valence-corrected chi connectivity index (χ3v) is 4.41. The SMILES string of the molecule is Cc1cc(Br)cc(C)c1NC(=O)NC(C)(C(=O)O)C1CC1. The van der Waals surface area contributed by atoms with Crippen molar-refractivity contribution in [3.8, 4) is 0 Å². The summed E-state index contributed by atoms with van der Waals surface area (Å²) < 4.78 is 0.941. The average Bonchev–Trinajstić information content (AvgIpc) is 3.17. The highest BCUT2D eigenvalue weighted by atomic mass is 79.9. The van der Waals surface area contributed by atoms with Gasteiger partial charge in [0.15, 0.2) is 0 Å². The Hall–Kier alpha value is -1.56. The molecular weight excluding hydrogens is 336 g/mol. The molecule has 1 saturated carbocycles. The number of carboxylic acid groups (broad SMARTS) is 1. The van der Waals surface area contributed by atoms with Gasteiger partial charge in [0.2, 0.25) is 0 Å². The zero-order chi connectivity index (χ0) is 15.8. The minimum atomic E-state index is -1.21. The van der Waals surface area contributed by atoms with Gasteiger partial charge in [-0.25, -0.2) is 9.59 Å². The number of carbonyl (C=O) groups excluding carboxylic acids is 1. The molecule has 0 bridgehead atoms. The summed E-state index contributed by atoms with van der Waals surface area (Å²) in [6.45, 7) is 5.35. The van der Waals surface area contributed by atoms with E-state index in [4.69, 9.17) is 0 Å². The van der Waals surface area contributed by atoms with Crippen molar-refractivity contribution in [1.29, 1.82) is 0 Å². The summed E-state index contributed by atoms with van der Waals surface area (Å²) in [6, 6.07) is 3.32. The number of urea groups is 1. The number of carbonyl (C=O) groups is 2.